The molecule has 146 valence electrons. The number of rotatable bonds is 4. The summed E-state index contributed by atoms with van der Waals surface area (Å²) in [5.74, 6) is 0. The van der Waals surface area contributed by atoms with Gasteiger partial charge in [0.1, 0.15) is 11.1 Å². The van der Waals surface area contributed by atoms with Gasteiger partial charge in [-0.3, -0.25) is 4.90 Å². The minimum absolute atomic E-state index is 0.165. The molecule has 0 bridgehead atoms. The van der Waals surface area contributed by atoms with Crippen LogP contribution in [0.1, 0.15) is 22.2 Å². The van der Waals surface area contributed by atoms with Crippen LogP contribution < -0.4 is 0 Å². The van der Waals surface area contributed by atoms with Gasteiger partial charge in [-0.15, -0.1) is 11.3 Å². The smallest absolute Gasteiger partial charge is 0.368 e. The van der Waals surface area contributed by atoms with E-state index in [4.69, 9.17) is 4.74 Å². The third kappa shape index (κ3) is 4.43. The molecule has 0 aliphatic carbocycles. The van der Waals surface area contributed by atoms with Crippen molar-refractivity contribution in [2.45, 2.75) is 18.8 Å². The average Bonchev–Trinajstić information content (AvgIpc) is 3.19. The molecule has 2 aromatic carbocycles. The molecule has 0 radical (unpaired) electrons. The zero-order valence-corrected chi connectivity index (χ0v) is 15.8. The molecule has 1 atom stereocenters. The van der Waals surface area contributed by atoms with Gasteiger partial charge < -0.3 is 4.74 Å². The Labute approximate surface area is 165 Å². The van der Waals surface area contributed by atoms with Gasteiger partial charge in [0.15, 0.2) is 0 Å². The van der Waals surface area contributed by atoms with Crippen molar-refractivity contribution in [3.63, 3.8) is 0 Å². The maximum atomic E-state index is 13.0. The van der Waals surface area contributed by atoms with Crippen LogP contribution in [0.3, 0.4) is 0 Å². The zero-order valence-electron chi connectivity index (χ0n) is 15.0. The van der Waals surface area contributed by atoms with Gasteiger partial charge in [-0.1, -0.05) is 42.5 Å². The number of morpholine rings is 1. The molecule has 1 unspecified atom stereocenters. The maximum absolute atomic E-state index is 13.0. The van der Waals surface area contributed by atoms with E-state index >= 15 is 0 Å². The van der Waals surface area contributed by atoms with Gasteiger partial charge in [-0.05, 0) is 17.7 Å². The number of thiazole rings is 1. The van der Waals surface area contributed by atoms with Crippen LogP contribution in [0.4, 0.5) is 13.2 Å². The SMILES string of the molecule is FC(F)(F)c1cccc(-c2csc(C3CN(Cc4ccccc4)CCO3)n2)c1. The van der Waals surface area contributed by atoms with Gasteiger partial charge in [0, 0.05) is 30.6 Å². The van der Waals surface area contributed by atoms with E-state index in [-0.39, 0.29) is 6.10 Å². The molecular formula is C21H19F3N2OS. The minimum Gasteiger partial charge on any atom is -0.368 e. The minimum atomic E-state index is -4.36. The van der Waals surface area contributed by atoms with Crippen molar-refractivity contribution >= 4 is 11.3 Å². The van der Waals surface area contributed by atoms with Gasteiger partial charge in [-0.25, -0.2) is 4.98 Å². The highest BCUT2D eigenvalue weighted by Gasteiger charge is 2.31. The average molecular weight is 404 g/mol. The Morgan fingerprint density at radius 1 is 1.11 bits per heavy atom. The van der Waals surface area contributed by atoms with E-state index in [1.165, 1.54) is 23.0 Å². The maximum Gasteiger partial charge on any atom is 0.416 e. The van der Waals surface area contributed by atoms with Gasteiger partial charge in [0.25, 0.3) is 0 Å². The Kier molecular flexibility index (Phi) is 5.48. The van der Waals surface area contributed by atoms with E-state index < -0.39 is 11.7 Å². The molecule has 0 spiro atoms. The second-order valence-electron chi connectivity index (χ2n) is 6.73. The lowest BCUT2D eigenvalue weighted by molar-refractivity contribution is -0.137. The molecule has 3 nitrogen and oxygen atoms in total. The van der Waals surface area contributed by atoms with E-state index in [0.29, 0.717) is 24.4 Å². The Morgan fingerprint density at radius 3 is 2.71 bits per heavy atom. The number of ether oxygens (including phenoxy) is 1. The molecule has 7 heteroatoms. The summed E-state index contributed by atoms with van der Waals surface area (Å²) in [5, 5.41) is 2.59. The molecule has 0 amide bonds. The number of hydrogen-bond acceptors (Lipinski definition) is 4. The highest BCUT2D eigenvalue weighted by Crippen LogP contribution is 2.34. The third-order valence-electron chi connectivity index (χ3n) is 4.68. The number of halogens is 3. The summed E-state index contributed by atoms with van der Waals surface area (Å²) in [5.41, 5.74) is 1.60. The third-order valence-corrected chi connectivity index (χ3v) is 5.62. The Bertz CT molecular complexity index is 927. The number of benzene rings is 2. The Hall–Kier alpha value is -2.22. The van der Waals surface area contributed by atoms with Gasteiger partial charge in [0.2, 0.25) is 0 Å². The molecule has 0 N–H and O–H groups in total. The van der Waals surface area contributed by atoms with Crippen molar-refractivity contribution in [2.24, 2.45) is 0 Å². The predicted octanol–water partition coefficient (Wildman–Crippen LogP) is 5.40. The zero-order chi connectivity index (χ0) is 19.6. The van der Waals surface area contributed by atoms with Crippen molar-refractivity contribution < 1.29 is 17.9 Å². The summed E-state index contributed by atoms with van der Waals surface area (Å²) in [6.07, 6.45) is -4.53. The van der Waals surface area contributed by atoms with E-state index in [0.717, 1.165) is 30.2 Å². The second-order valence-corrected chi connectivity index (χ2v) is 7.62. The first-order valence-corrected chi connectivity index (χ1v) is 9.88. The van der Waals surface area contributed by atoms with Crippen molar-refractivity contribution in [3.8, 4) is 11.3 Å². The second kappa shape index (κ2) is 8.03. The highest BCUT2D eigenvalue weighted by atomic mass is 32.1. The fourth-order valence-corrected chi connectivity index (χ4v) is 4.13. The van der Waals surface area contributed by atoms with E-state index in [1.807, 2.05) is 18.2 Å². The molecule has 3 aromatic rings. The van der Waals surface area contributed by atoms with Crippen molar-refractivity contribution in [3.05, 3.63) is 76.1 Å². The Balaban J connectivity index is 1.48. The molecule has 1 aliphatic rings. The molecule has 1 aliphatic heterocycles. The molecule has 0 saturated carbocycles. The van der Waals surface area contributed by atoms with E-state index in [9.17, 15) is 13.2 Å². The standard InChI is InChI=1S/C21H19F3N2OS/c22-21(23,24)17-8-4-7-16(11-17)18-14-28-20(25-18)19-13-26(9-10-27-19)12-15-5-2-1-3-6-15/h1-8,11,14,19H,9-10,12-13H2. The Morgan fingerprint density at radius 2 is 1.93 bits per heavy atom. The monoisotopic (exact) mass is 404 g/mol. The first kappa shape index (κ1) is 19.1. The topological polar surface area (TPSA) is 25.4 Å². The fourth-order valence-electron chi connectivity index (χ4n) is 3.26. The van der Waals surface area contributed by atoms with Gasteiger partial charge in [-0.2, -0.15) is 13.2 Å². The number of nitrogens with zero attached hydrogens (tertiary/aromatic N) is 2. The van der Waals surface area contributed by atoms with Gasteiger partial charge >= 0.3 is 6.18 Å². The predicted molar refractivity (Wildman–Crippen MR) is 103 cm³/mol. The highest BCUT2D eigenvalue weighted by molar-refractivity contribution is 7.10. The molecule has 1 aromatic heterocycles. The van der Waals surface area contributed by atoms with E-state index in [2.05, 4.69) is 22.0 Å². The van der Waals surface area contributed by atoms with Crippen LogP contribution in [-0.4, -0.2) is 29.6 Å². The summed E-state index contributed by atoms with van der Waals surface area (Å²) in [4.78, 5) is 6.88. The summed E-state index contributed by atoms with van der Waals surface area (Å²) in [7, 11) is 0. The van der Waals surface area contributed by atoms with E-state index in [1.54, 1.807) is 11.4 Å². The summed E-state index contributed by atoms with van der Waals surface area (Å²) in [6, 6.07) is 15.5. The largest absolute Gasteiger partial charge is 0.416 e. The number of alkyl halides is 3. The first-order valence-electron chi connectivity index (χ1n) is 9.00. The molecule has 28 heavy (non-hydrogen) atoms. The van der Waals surface area contributed by atoms with Crippen LogP contribution in [0.5, 0.6) is 0 Å². The summed E-state index contributed by atoms with van der Waals surface area (Å²) >= 11 is 1.43. The summed E-state index contributed by atoms with van der Waals surface area (Å²) < 4.78 is 44.8. The van der Waals surface area contributed by atoms with Crippen LogP contribution >= 0.6 is 11.3 Å². The van der Waals surface area contributed by atoms with Crippen LogP contribution in [0, 0.1) is 0 Å². The van der Waals surface area contributed by atoms with Gasteiger partial charge in [0.05, 0.1) is 17.9 Å². The molecule has 1 fully saturated rings. The molecule has 4 rings (SSSR count). The van der Waals surface area contributed by atoms with Crippen molar-refractivity contribution in [2.75, 3.05) is 19.7 Å². The molecule has 1 saturated heterocycles. The summed E-state index contributed by atoms with van der Waals surface area (Å²) in [6.45, 7) is 3.00. The number of aromatic nitrogens is 1. The van der Waals surface area contributed by atoms with Crippen LogP contribution in [0.25, 0.3) is 11.3 Å². The fraction of sp³-hybridized carbons (Fsp3) is 0.286. The lowest BCUT2D eigenvalue weighted by Gasteiger charge is -2.32. The number of hydrogen-bond donors (Lipinski definition) is 0. The lowest BCUT2D eigenvalue weighted by Crippen LogP contribution is -2.37. The normalized spacial score (nSPS) is 18.3. The lowest BCUT2D eigenvalue weighted by atomic mass is 10.1. The molecular weight excluding hydrogens is 385 g/mol. The van der Waals surface area contributed by atoms with Crippen molar-refractivity contribution in [1.82, 2.24) is 9.88 Å². The van der Waals surface area contributed by atoms with Crippen LogP contribution in [0.2, 0.25) is 0 Å². The van der Waals surface area contributed by atoms with Crippen molar-refractivity contribution in [1.29, 1.82) is 0 Å². The van der Waals surface area contributed by atoms with Crippen LogP contribution in [0.15, 0.2) is 60.0 Å². The first-order chi connectivity index (χ1) is 13.5. The van der Waals surface area contributed by atoms with Crippen LogP contribution in [-0.2, 0) is 17.5 Å². The quantitative estimate of drug-likeness (QED) is 0.582. The molecule has 2 heterocycles.